The number of nitrogens with one attached hydrogen (secondary N) is 2. The first kappa shape index (κ1) is 17.5. The van der Waals surface area contributed by atoms with Gasteiger partial charge >= 0.3 is 0 Å². The Labute approximate surface area is 126 Å². The highest BCUT2D eigenvalue weighted by atomic mass is 32.2. The molecule has 20 heavy (non-hydrogen) atoms. The molecule has 0 aliphatic carbocycles. The van der Waals surface area contributed by atoms with Crippen LogP contribution in [0.2, 0.25) is 0 Å². The van der Waals surface area contributed by atoms with Crippen LogP contribution in [0.4, 0.5) is 0 Å². The predicted octanol–water partition coefficient (Wildman–Crippen LogP) is 2.39. The molecule has 0 spiro atoms. The summed E-state index contributed by atoms with van der Waals surface area (Å²) in [6, 6.07) is 7.31. The third-order valence-electron chi connectivity index (χ3n) is 2.99. The zero-order valence-corrected chi connectivity index (χ0v) is 14.0. The van der Waals surface area contributed by atoms with Crippen LogP contribution in [0.15, 0.2) is 29.2 Å². The molecule has 0 amide bonds. The molecule has 1 unspecified atom stereocenters. The smallest absolute Gasteiger partial charge is 0.240 e. The van der Waals surface area contributed by atoms with Crippen LogP contribution in [0.25, 0.3) is 0 Å². The van der Waals surface area contributed by atoms with E-state index >= 15 is 0 Å². The fraction of sp³-hybridized carbons (Fsp3) is 0.571. The minimum Gasteiger partial charge on any atom is -0.310 e. The molecule has 0 aliphatic rings. The van der Waals surface area contributed by atoms with Gasteiger partial charge in [-0.1, -0.05) is 19.1 Å². The molecule has 2 N–H and O–H groups in total. The van der Waals surface area contributed by atoms with Crippen LogP contribution in [-0.2, 0) is 10.0 Å². The second kappa shape index (κ2) is 8.67. The van der Waals surface area contributed by atoms with E-state index in [-0.39, 0.29) is 6.04 Å². The molecule has 1 aromatic rings. The normalized spacial score (nSPS) is 13.3. The summed E-state index contributed by atoms with van der Waals surface area (Å²) < 4.78 is 26.6. The van der Waals surface area contributed by atoms with Crippen LogP contribution < -0.4 is 10.0 Å². The average Bonchev–Trinajstić information content (AvgIpc) is 2.45. The number of hydrogen-bond acceptors (Lipinski definition) is 4. The minimum atomic E-state index is -3.38. The van der Waals surface area contributed by atoms with E-state index in [1.807, 2.05) is 18.4 Å². The third kappa shape index (κ3) is 5.44. The first-order chi connectivity index (χ1) is 9.51. The van der Waals surface area contributed by atoms with Crippen LogP contribution in [-0.4, -0.2) is 33.5 Å². The van der Waals surface area contributed by atoms with Gasteiger partial charge in [0.05, 0.1) is 4.90 Å². The van der Waals surface area contributed by atoms with Crippen molar-refractivity contribution in [3.05, 3.63) is 29.8 Å². The van der Waals surface area contributed by atoms with E-state index in [1.165, 1.54) is 0 Å². The van der Waals surface area contributed by atoms with Crippen molar-refractivity contribution in [1.82, 2.24) is 10.0 Å². The van der Waals surface area contributed by atoms with E-state index in [0.29, 0.717) is 11.4 Å². The summed E-state index contributed by atoms with van der Waals surface area (Å²) in [7, 11) is -3.38. The van der Waals surface area contributed by atoms with Gasteiger partial charge in [0.1, 0.15) is 0 Å². The molecule has 0 radical (unpaired) electrons. The lowest BCUT2D eigenvalue weighted by Crippen LogP contribution is -2.26. The molecule has 0 aromatic heterocycles. The highest BCUT2D eigenvalue weighted by Crippen LogP contribution is 2.16. The first-order valence-electron chi connectivity index (χ1n) is 6.83. The Bertz CT molecular complexity index is 486. The van der Waals surface area contributed by atoms with Gasteiger partial charge in [0.15, 0.2) is 0 Å². The summed E-state index contributed by atoms with van der Waals surface area (Å²) in [6.07, 6.45) is 3.03. The first-order valence-corrected chi connectivity index (χ1v) is 9.71. The Morgan fingerprint density at radius 3 is 2.40 bits per heavy atom. The van der Waals surface area contributed by atoms with Crippen LogP contribution in [0.1, 0.15) is 31.9 Å². The number of benzene rings is 1. The van der Waals surface area contributed by atoms with Crippen molar-refractivity contribution in [2.75, 3.05) is 25.1 Å². The zero-order chi connectivity index (χ0) is 15.0. The Balaban J connectivity index is 2.70. The molecule has 0 fully saturated rings. The molecule has 0 heterocycles. The minimum absolute atomic E-state index is 0.233. The standard InChI is InChI=1S/C14H24N2O2S2/c1-4-9-15-12(2)13-5-7-14(8-6-13)20(17,18)16-10-11-19-3/h5-8,12,15-16H,4,9-11H2,1-3H3. The van der Waals surface area contributed by atoms with E-state index in [9.17, 15) is 8.42 Å². The van der Waals surface area contributed by atoms with Crippen molar-refractivity contribution in [1.29, 1.82) is 0 Å². The van der Waals surface area contributed by atoms with E-state index in [0.717, 1.165) is 24.3 Å². The van der Waals surface area contributed by atoms with Gasteiger partial charge in [-0.3, -0.25) is 0 Å². The summed E-state index contributed by atoms with van der Waals surface area (Å²) in [5.74, 6) is 0.773. The maximum absolute atomic E-state index is 12.0. The molecule has 0 saturated carbocycles. The van der Waals surface area contributed by atoms with Crippen molar-refractivity contribution in [3.8, 4) is 0 Å². The summed E-state index contributed by atoms with van der Waals surface area (Å²) in [6.45, 7) is 5.61. The van der Waals surface area contributed by atoms with E-state index in [1.54, 1.807) is 23.9 Å². The van der Waals surface area contributed by atoms with Gasteiger partial charge in [0, 0.05) is 18.3 Å². The van der Waals surface area contributed by atoms with Crippen LogP contribution in [0.3, 0.4) is 0 Å². The maximum atomic E-state index is 12.0. The Morgan fingerprint density at radius 1 is 1.20 bits per heavy atom. The number of hydrogen-bond donors (Lipinski definition) is 2. The van der Waals surface area contributed by atoms with E-state index < -0.39 is 10.0 Å². The average molecular weight is 316 g/mol. The highest BCUT2D eigenvalue weighted by Gasteiger charge is 2.13. The molecule has 4 nitrogen and oxygen atoms in total. The van der Waals surface area contributed by atoms with Crippen molar-refractivity contribution in [2.24, 2.45) is 0 Å². The molecule has 0 aliphatic heterocycles. The Hall–Kier alpha value is -0.560. The molecule has 114 valence electrons. The lowest BCUT2D eigenvalue weighted by Gasteiger charge is -2.14. The van der Waals surface area contributed by atoms with Crippen molar-refractivity contribution in [2.45, 2.75) is 31.2 Å². The largest absolute Gasteiger partial charge is 0.310 e. The lowest BCUT2D eigenvalue weighted by molar-refractivity contribution is 0.569. The monoisotopic (exact) mass is 316 g/mol. The van der Waals surface area contributed by atoms with Crippen LogP contribution >= 0.6 is 11.8 Å². The van der Waals surface area contributed by atoms with Gasteiger partial charge in [-0.15, -0.1) is 0 Å². The molecule has 1 atom stereocenters. The Morgan fingerprint density at radius 2 is 1.85 bits per heavy atom. The molecule has 1 rings (SSSR count). The van der Waals surface area contributed by atoms with E-state index in [2.05, 4.69) is 23.9 Å². The lowest BCUT2D eigenvalue weighted by atomic mass is 10.1. The van der Waals surface area contributed by atoms with Gasteiger partial charge in [-0.25, -0.2) is 13.1 Å². The third-order valence-corrected chi connectivity index (χ3v) is 5.08. The van der Waals surface area contributed by atoms with Gasteiger partial charge in [0.25, 0.3) is 0 Å². The topological polar surface area (TPSA) is 58.2 Å². The fourth-order valence-electron chi connectivity index (χ4n) is 1.78. The SMILES string of the molecule is CCCNC(C)c1ccc(S(=O)(=O)NCCSC)cc1. The van der Waals surface area contributed by atoms with Crippen LogP contribution in [0, 0.1) is 0 Å². The summed E-state index contributed by atoms with van der Waals surface area (Å²) >= 11 is 1.62. The quantitative estimate of drug-likeness (QED) is 0.687. The molecule has 1 aromatic carbocycles. The molecular weight excluding hydrogens is 292 g/mol. The van der Waals surface area contributed by atoms with Crippen molar-refractivity contribution < 1.29 is 8.42 Å². The predicted molar refractivity (Wildman–Crippen MR) is 86.7 cm³/mol. The van der Waals surface area contributed by atoms with Gasteiger partial charge in [-0.2, -0.15) is 11.8 Å². The Kier molecular flexibility index (Phi) is 7.58. The molecule has 0 bridgehead atoms. The summed E-state index contributed by atoms with van der Waals surface area (Å²) in [5, 5.41) is 3.38. The van der Waals surface area contributed by atoms with Gasteiger partial charge in [0.2, 0.25) is 10.0 Å². The maximum Gasteiger partial charge on any atom is 0.240 e. The van der Waals surface area contributed by atoms with Crippen molar-refractivity contribution in [3.63, 3.8) is 0 Å². The highest BCUT2D eigenvalue weighted by molar-refractivity contribution is 7.98. The molecule has 6 heteroatoms. The molecular formula is C14H24N2O2S2. The molecule has 0 saturated heterocycles. The second-order valence-corrected chi connectivity index (χ2v) is 7.39. The number of rotatable bonds is 9. The van der Waals surface area contributed by atoms with Gasteiger partial charge < -0.3 is 5.32 Å². The summed E-state index contributed by atoms with van der Waals surface area (Å²) in [5.41, 5.74) is 1.10. The van der Waals surface area contributed by atoms with E-state index in [4.69, 9.17) is 0 Å². The van der Waals surface area contributed by atoms with Crippen molar-refractivity contribution >= 4 is 21.8 Å². The second-order valence-electron chi connectivity index (χ2n) is 4.64. The number of thioether (sulfide) groups is 1. The fourth-order valence-corrected chi connectivity index (χ4v) is 3.24. The zero-order valence-electron chi connectivity index (χ0n) is 12.3. The number of sulfonamides is 1. The van der Waals surface area contributed by atoms with Gasteiger partial charge in [-0.05, 0) is 43.8 Å². The summed E-state index contributed by atoms with van der Waals surface area (Å²) in [4.78, 5) is 0.324. The van der Waals surface area contributed by atoms with Crippen LogP contribution in [0.5, 0.6) is 0 Å².